The summed E-state index contributed by atoms with van der Waals surface area (Å²) in [6.07, 6.45) is 0. The van der Waals surface area contributed by atoms with Crippen LogP contribution in [0.5, 0.6) is 11.5 Å². The van der Waals surface area contributed by atoms with Crippen molar-refractivity contribution in [3.8, 4) is 11.5 Å². The Morgan fingerprint density at radius 1 is 0.867 bits per heavy atom. The van der Waals surface area contributed by atoms with Crippen LogP contribution in [0.4, 0.5) is 0 Å². The number of rotatable bonds is 10. The first kappa shape index (κ1) is 21.4. The molecule has 0 atom stereocenters. The fraction of sp³-hybridized carbons (Fsp3) is 0.240. The third-order valence-electron chi connectivity index (χ3n) is 4.77. The summed E-state index contributed by atoms with van der Waals surface area (Å²) in [6.45, 7) is 4.60. The zero-order chi connectivity index (χ0) is 21.3. The van der Waals surface area contributed by atoms with Crippen molar-refractivity contribution in [3.63, 3.8) is 0 Å². The fourth-order valence-electron chi connectivity index (χ4n) is 3.18. The fourth-order valence-corrected chi connectivity index (χ4v) is 3.18. The van der Waals surface area contributed by atoms with Crippen molar-refractivity contribution in [2.24, 2.45) is 0 Å². The average molecular weight is 405 g/mol. The van der Waals surface area contributed by atoms with Gasteiger partial charge in [0.2, 0.25) is 0 Å². The predicted octanol–water partition coefficient (Wildman–Crippen LogP) is 4.78. The number of benzene rings is 3. The standard InChI is InChI=1S/C25H27NO4/c1-19-16-24(30-15-14-29-23-6-4-3-5-7-23)13-12-22(19)18-26(2)17-20-8-10-21(11-9-20)25(27)28/h3-13,16H,14-15,17-18H2,1-2H3,(H,27,28). The summed E-state index contributed by atoms with van der Waals surface area (Å²) in [5.74, 6) is 0.771. The van der Waals surface area contributed by atoms with Crippen LogP contribution in [0.15, 0.2) is 72.8 Å². The van der Waals surface area contributed by atoms with E-state index in [9.17, 15) is 4.79 Å². The molecule has 0 spiro atoms. The third-order valence-corrected chi connectivity index (χ3v) is 4.77. The second-order valence-corrected chi connectivity index (χ2v) is 7.27. The molecule has 0 aliphatic carbocycles. The Hall–Kier alpha value is -3.31. The Morgan fingerprint density at radius 3 is 2.17 bits per heavy atom. The van der Waals surface area contributed by atoms with Crippen LogP contribution < -0.4 is 9.47 Å². The van der Waals surface area contributed by atoms with Crippen molar-refractivity contribution in [1.29, 1.82) is 0 Å². The van der Waals surface area contributed by atoms with Gasteiger partial charge in [0, 0.05) is 13.1 Å². The minimum atomic E-state index is -0.903. The van der Waals surface area contributed by atoms with Crippen molar-refractivity contribution in [3.05, 3.63) is 95.1 Å². The number of carboxylic acids is 1. The summed E-state index contributed by atoms with van der Waals surface area (Å²) in [4.78, 5) is 13.2. The molecule has 0 aliphatic heterocycles. The summed E-state index contributed by atoms with van der Waals surface area (Å²) in [6, 6.07) is 22.8. The van der Waals surface area contributed by atoms with E-state index < -0.39 is 5.97 Å². The molecular weight excluding hydrogens is 378 g/mol. The topological polar surface area (TPSA) is 59.0 Å². The molecule has 3 aromatic rings. The molecule has 0 bridgehead atoms. The molecule has 0 saturated heterocycles. The Labute approximate surface area is 177 Å². The lowest BCUT2D eigenvalue weighted by molar-refractivity contribution is 0.0697. The molecule has 0 radical (unpaired) electrons. The molecule has 0 aromatic heterocycles. The van der Waals surface area contributed by atoms with Gasteiger partial charge in [-0.3, -0.25) is 4.90 Å². The number of carboxylic acid groups (broad SMARTS) is 1. The van der Waals surface area contributed by atoms with Crippen LogP contribution in [0, 0.1) is 6.92 Å². The zero-order valence-corrected chi connectivity index (χ0v) is 17.4. The van der Waals surface area contributed by atoms with Crippen LogP contribution in [0.1, 0.15) is 27.0 Å². The van der Waals surface area contributed by atoms with Gasteiger partial charge in [0.15, 0.2) is 0 Å². The zero-order valence-electron chi connectivity index (χ0n) is 17.4. The van der Waals surface area contributed by atoms with E-state index in [2.05, 4.69) is 24.9 Å². The smallest absolute Gasteiger partial charge is 0.335 e. The predicted molar refractivity (Wildman–Crippen MR) is 117 cm³/mol. The molecule has 30 heavy (non-hydrogen) atoms. The van der Waals surface area contributed by atoms with E-state index in [4.69, 9.17) is 14.6 Å². The van der Waals surface area contributed by atoms with Crippen LogP contribution in [-0.4, -0.2) is 36.2 Å². The first-order valence-electron chi connectivity index (χ1n) is 9.92. The summed E-state index contributed by atoms with van der Waals surface area (Å²) in [5.41, 5.74) is 3.79. The Bertz CT molecular complexity index is 955. The van der Waals surface area contributed by atoms with E-state index in [-0.39, 0.29) is 0 Å². The SMILES string of the molecule is Cc1cc(OCCOc2ccccc2)ccc1CN(C)Cc1ccc(C(=O)O)cc1. The lowest BCUT2D eigenvalue weighted by Crippen LogP contribution is -2.18. The van der Waals surface area contributed by atoms with E-state index in [1.807, 2.05) is 54.6 Å². The lowest BCUT2D eigenvalue weighted by atomic mass is 10.1. The number of nitrogens with zero attached hydrogens (tertiary/aromatic N) is 1. The molecule has 0 amide bonds. The Kier molecular flexibility index (Phi) is 7.46. The summed E-state index contributed by atoms with van der Waals surface area (Å²) < 4.78 is 11.5. The summed E-state index contributed by atoms with van der Waals surface area (Å²) in [5, 5.41) is 9.00. The van der Waals surface area contributed by atoms with E-state index in [0.717, 1.165) is 30.2 Å². The van der Waals surface area contributed by atoms with Gasteiger partial charge in [0.25, 0.3) is 0 Å². The van der Waals surface area contributed by atoms with Crippen LogP contribution in [-0.2, 0) is 13.1 Å². The number of carbonyl (C=O) groups is 1. The average Bonchev–Trinajstić information content (AvgIpc) is 2.74. The molecule has 5 nitrogen and oxygen atoms in total. The minimum absolute atomic E-state index is 0.307. The Balaban J connectivity index is 1.47. The highest BCUT2D eigenvalue weighted by Crippen LogP contribution is 2.19. The minimum Gasteiger partial charge on any atom is -0.490 e. The van der Waals surface area contributed by atoms with Gasteiger partial charge >= 0.3 is 5.97 Å². The molecule has 3 rings (SSSR count). The van der Waals surface area contributed by atoms with Crippen LogP contribution in [0.3, 0.4) is 0 Å². The van der Waals surface area contributed by atoms with Gasteiger partial charge in [-0.1, -0.05) is 36.4 Å². The number of aryl methyl sites for hydroxylation is 1. The second-order valence-electron chi connectivity index (χ2n) is 7.27. The molecule has 156 valence electrons. The van der Waals surface area contributed by atoms with Crippen LogP contribution in [0.25, 0.3) is 0 Å². The van der Waals surface area contributed by atoms with Gasteiger partial charge in [-0.05, 0) is 67.1 Å². The molecule has 3 aromatic carbocycles. The van der Waals surface area contributed by atoms with Crippen molar-refractivity contribution in [2.75, 3.05) is 20.3 Å². The molecule has 0 fully saturated rings. The number of ether oxygens (including phenoxy) is 2. The Morgan fingerprint density at radius 2 is 1.53 bits per heavy atom. The highest BCUT2D eigenvalue weighted by Gasteiger charge is 2.07. The molecule has 5 heteroatoms. The van der Waals surface area contributed by atoms with Gasteiger partial charge in [0.05, 0.1) is 5.56 Å². The number of hydrogen-bond acceptors (Lipinski definition) is 4. The van der Waals surface area contributed by atoms with Gasteiger partial charge in [-0.25, -0.2) is 4.79 Å². The van der Waals surface area contributed by atoms with Crippen molar-refractivity contribution in [1.82, 2.24) is 4.90 Å². The monoisotopic (exact) mass is 405 g/mol. The first-order valence-corrected chi connectivity index (χ1v) is 9.92. The highest BCUT2D eigenvalue weighted by atomic mass is 16.5. The van der Waals surface area contributed by atoms with Gasteiger partial charge in [-0.15, -0.1) is 0 Å². The maximum absolute atomic E-state index is 11.0. The van der Waals surface area contributed by atoms with Crippen LogP contribution >= 0.6 is 0 Å². The van der Waals surface area contributed by atoms with Gasteiger partial charge in [0.1, 0.15) is 24.7 Å². The second kappa shape index (κ2) is 10.5. The molecule has 0 unspecified atom stereocenters. The van der Waals surface area contributed by atoms with E-state index in [1.54, 1.807) is 12.1 Å². The largest absolute Gasteiger partial charge is 0.490 e. The van der Waals surface area contributed by atoms with Crippen molar-refractivity contribution in [2.45, 2.75) is 20.0 Å². The van der Waals surface area contributed by atoms with E-state index in [1.165, 1.54) is 11.1 Å². The number of hydrogen-bond donors (Lipinski definition) is 1. The molecule has 1 N–H and O–H groups in total. The highest BCUT2D eigenvalue weighted by molar-refractivity contribution is 5.87. The van der Waals surface area contributed by atoms with Crippen molar-refractivity contribution >= 4 is 5.97 Å². The molecule has 0 aliphatic rings. The number of para-hydroxylation sites is 1. The van der Waals surface area contributed by atoms with Crippen LogP contribution in [0.2, 0.25) is 0 Å². The molecule has 0 saturated carbocycles. The first-order chi connectivity index (χ1) is 14.5. The van der Waals surface area contributed by atoms with Gasteiger partial charge in [-0.2, -0.15) is 0 Å². The summed E-state index contributed by atoms with van der Waals surface area (Å²) >= 11 is 0. The number of aromatic carboxylic acids is 1. The van der Waals surface area contributed by atoms with E-state index >= 15 is 0 Å². The maximum atomic E-state index is 11.0. The van der Waals surface area contributed by atoms with Crippen molar-refractivity contribution < 1.29 is 19.4 Å². The summed E-state index contributed by atoms with van der Waals surface area (Å²) in [7, 11) is 2.05. The quantitative estimate of drug-likeness (QED) is 0.492. The van der Waals surface area contributed by atoms with Gasteiger partial charge < -0.3 is 14.6 Å². The lowest BCUT2D eigenvalue weighted by Gasteiger charge is -2.19. The maximum Gasteiger partial charge on any atom is 0.335 e. The third kappa shape index (κ3) is 6.36. The normalized spacial score (nSPS) is 10.8. The molecule has 0 heterocycles. The molecular formula is C25H27NO4. The van der Waals surface area contributed by atoms with E-state index in [0.29, 0.717) is 18.8 Å².